The van der Waals surface area contributed by atoms with Crippen LogP contribution in [-0.4, -0.2) is 8.32 Å². The van der Waals surface area contributed by atoms with Crippen LogP contribution in [0.4, 0.5) is 0 Å². The first kappa shape index (κ1) is 10.8. The van der Waals surface area contributed by atoms with Crippen LogP contribution < -0.4 is 0 Å². The highest BCUT2D eigenvalue weighted by atomic mass is 35.5. The minimum Gasteiger partial charge on any atom is -0.413 e. The highest BCUT2D eigenvalue weighted by Gasteiger charge is 2.13. The van der Waals surface area contributed by atoms with Crippen molar-refractivity contribution in [3.63, 3.8) is 0 Å². The molecule has 1 rings (SSSR count). The van der Waals surface area contributed by atoms with Gasteiger partial charge in [0, 0.05) is 5.02 Å². The number of benzene rings is 1. The fourth-order valence-corrected chi connectivity index (χ4v) is 1.74. The van der Waals surface area contributed by atoms with Gasteiger partial charge in [-0.1, -0.05) is 23.7 Å². The van der Waals surface area contributed by atoms with E-state index in [9.17, 15) is 0 Å². The summed E-state index contributed by atoms with van der Waals surface area (Å²) < 4.78 is 5.75. The Morgan fingerprint density at radius 3 is 2.54 bits per heavy atom. The Morgan fingerprint density at radius 1 is 1.31 bits per heavy atom. The molecule has 0 unspecified atom stereocenters. The standard InChI is InChI=1S/C10H15ClOSi/c1-13(2,3)12-8-9-5-4-6-10(11)7-9/h4-7H,8H2,1-3H3. The highest BCUT2D eigenvalue weighted by molar-refractivity contribution is 6.69. The van der Waals surface area contributed by atoms with Crippen LogP contribution in [-0.2, 0) is 11.0 Å². The molecule has 0 saturated heterocycles. The molecule has 0 aromatic heterocycles. The fraction of sp³-hybridized carbons (Fsp3) is 0.400. The summed E-state index contributed by atoms with van der Waals surface area (Å²) in [7, 11) is -1.40. The van der Waals surface area contributed by atoms with E-state index in [0.717, 1.165) is 10.6 Å². The van der Waals surface area contributed by atoms with Crippen LogP contribution in [0, 0.1) is 0 Å². The molecule has 72 valence electrons. The summed E-state index contributed by atoms with van der Waals surface area (Å²) in [6, 6.07) is 7.80. The molecule has 0 N–H and O–H groups in total. The van der Waals surface area contributed by atoms with Gasteiger partial charge in [0.2, 0.25) is 0 Å². The summed E-state index contributed by atoms with van der Waals surface area (Å²) in [6.45, 7) is 7.21. The fourth-order valence-electron chi connectivity index (χ4n) is 0.927. The molecule has 0 bridgehead atoms. The van der Waals surface area contributed by atoms with Gasteiger partial charge in [-0.3, -0.25) is 0 Å². The van der Waals surface area contributed by atoms with Crippen LogP contribution >= 0.6 is 11.6 Å². The highest BCUT2D eigenvalue weighted by Crippen LogP contribution is 2.13. The van der Waals surface area contributed by atoms with E-state index in [0.29, 0.717) is 6.61 Å². The van der Waals surface area contributed by atoms with Gasteiger partial charge in [-0.25, -0.2) is 0 Å². The summed E-state index contributed by atoms with van der Waals surface area (Å²) in [6.07, 6.45) is 0. The van der Waals surface area contributed by atoms with Gasteiger partial charge >= 0.3 is 0 Å². The van der Waals surface area contributed by atoms with Crippen molar-refractivity contribution in [3.8, 4) is 0 Å². The molecular weight excluding hydrogens is 200 g/mol. The van der Waals surface area contributed by atoms with Crippen LogP contribution in [0.3, 0.4) is 0 Å². The first-order chi connectivity index (χ1) is 5.97. The molecule has 0 heterocycles. The lowest BCUT2D eigenvalue weighted by atomic mass is 10.2. The van der Waals surface area contributed by atoms with E-state index >= 15 is 0 Å². The molecule has 0 atom stereocenters. The zero-order chi connectivity index (χ0) is 9.90. The molecule has 13 heavy (non-hydrogen) atoms. The van der Waals surface area contributed by atoms with Crippen molar-refractivity contribution in [1.29, 1.82) is 0 Å². The minimum atomic E-state index is -1.40. The van der Waals surface area contributed by atoms with E-state index in [1.807, 2.05) is 24.3 Å². The number of hydrogen-bond acceptors (Lipinski definition) is 1. The van der Waals surface area contributed by atoms with E-state index < -0.39 is 8.32 Å². The average Bonchev–Trinajstić information content (AvgIpc) is 2.00. The number of rotatable bonds is 3. The predicted octanol–water partition coefficient (Wildman–Crippen LogP) is 3.69. The lowest BCUT2D eigenvalue weighted by Gasteiger charge is -2.17. The van der Waals surface area contributed by atoms with Gasteiger partial charge in [-0.2, -0.15) is 0 Å². The third-order valence-electron chi connectivity index (χ3n) is 1.56. The Morgan fingerprint density at radius 2 is 2.00 bits per heavy atom. The van der Waals surface area contributed by atoms with Crippen molar-refractivity contribution >= 4 is 19.9 Å². The Balaban J connectivity index is 2.55. The molecule has 1 aromatic rings. The molecule has 0 saturated carbocycles. The van der Waals surface area contributed by atoms with Gasteiger partial charge in [0.15, 0.2) is 8.32 Å². The van der Waals surface area contributed by atoms with E-state index in [1.165, 1.54) is 0 Å². The maximum absolute atomic E-state index is 5.85. The van der Waals surface area contributed by atoms with Crippen molar-refractivity contribution in [2.45, 2.75) is 26.2 Å². The molecule has 0 spiro atoms. The van der Waals surface area contributed by atoms with Crippen molar-refractivity contribution < 1.29 is 4.43 Å². The average molecular weight is 215 g/mol. The topological polar surface area (TPSA) is 9.23 Å². The molecule has 0 radical (unpaired) electrons. The Kier molecular flexibility index (Phi) is 3.53. The van der Waals surface area contributed by atoms with Gasteiger partial charge in [-0.15, -0.1) is 0 Å². The second kappa shape index (κ2) is 4.27. The van der Waals surface area contributed by atoms with Crippen LogP contribution in [0.15, 0.2) is 24.3 Å². The van der Waals surface area contributed by atoms with Crippen LogP contribution in [0.25, 0.3) is 0 Å². The maximum atomic E-state index is 5.85. The van der Waals surface area contributed by atoms with E-state index in [-0.39, 0.29) is 0 Å². The normalized spacial score (nSPS) is 11.7. The van der Waals surface area contributed by atoms with Crippen LogP contribution in [0.2, 0.25) is 24.7 Å². The van der Waals surface area contributed by atoms with Gasteiger partial charge in [-0.05, 0) is 37.3 Å². The Hall–Kier alpha value is -0.313. The first-order valence-corrected chi connectivity index (χ1v) is 8.14. The zero-order valence-corrected chi connectivity index (χ0v) is 10.1. The van der Waals surface area contributed by atoms with Crippen molar-refractivity contribution in [2.75, 3.05) is 0 Å². The van der Waals surface area contributed by atoms with Gasteiger partial charge < -0.3 is 4.43 Å². The van der Waals surface area contributed by atoms with Gasteiger partial charge in [0.05, 0.1) is 6.61 Å². The third-order valence-corrected chi connectivity index (χ3v) is 2.81. The minimum absolute atomic E-state index is 0.677. The SMILES string of the molecule is C[Si](C)(C)OCc1cccc(Cl)c1. The first-order valence-electron chi connectivity index (χ1n) is 4.36. The zero-order valence-electron chi connectivity index (χ0n) is 8.30. The van der Waals surface area contributed by atoms with Crippen LogP contribution in [0.5, 0.6) is 0 Å². The lowest BCUT2D eigenvalue weighted by Crippen LogP contribution is -2.24. The number of hydrogen-bond donors (Lipinski definition) is 0. The number of halogens is 1. The smallest absolute Gasteiger partial charge is 0.184 e. The monoisotopic (exact) mass is 214 g/mol. The van der Waals surface area contributed by atoms with Crippen molar-refractivity contribution in [1.82, 2.24) is 0 Å². The summed E-state index contributed by atoms with van der Waals surface area (Å²) >= 11 is 5.85. The maximum Gasteiger partial charge on any atom is 0.184 e. The predicted molar refractivity (Wildman–Crippen MR) is 59.6 cm³/mol. The molecular formula is C10H15ClOSi. The molecule has 1 nitrogen and oxygen atoms in total. The molecule has 1 aromatic carbocycles. The van der Waals surface area contributed by atoms with Crippen LogP contribution in [0.1, 0.15) is 5.56 Å². The molecule has 0 aliphatic carbocycles. The summed E-state index contributed by atoms with van der Waals surface area (Å²) in [5.74, 6) is 0. The van der Waals surface area contributed by atoms with Crippen molar-refractivity contribution in [3.05, 3.63) is 34.9 Å². The van der Waals surface area contributed by atoms with Gasteiger partial charge in [0.25, 0.3) is 0 Å². The van der Waals surface area contributed by atoms with Gasteiger partial charge in [0.1, 0.15) is 0 Å². The second-order valence-electron chi connectivity index (χ2n) is 4.03. The largest absolute Gasteiger partial charge is 0.413 e. The molecule has 0 fully saturated rings. The van der Waals surface area contributed by atoms with E-state index in [4.69, 9.17) is 16.0 Å². The quantitative estimate of drug-likeness (QED) is 0.698. The second-order valence-corrected chi connectivity index (χ2v) is 8.98. The van der Waals surface area contributed by atoms with Crippen molar-refractivity contribution in [2.24, 2.45) is 0 Å². The molecule has 0 aliphatic heterocycles. The summed E-state index contributed by atoms with van der Waals surface area (Å²) in [5, 5.41) is 0.775. The third kappa shape index (κ3) is 4.46. The van der Waals surface area contributed by atoms with E-state index in [2.05, 4.69) is 19.6 Å². The van der Waals surface area contributed by atoms with E-state index in [1.54, 1.807) is 0 Å². The summed E-state index contributed by atoms with van der Waals surface area (Å²) in [4.78, 5) is 0. The lowest BCUT2D eigenvalue weighted by molar-refractivity contribution is 0.299. The Bertz CT molecular complexity index is 280. The molecule has 0 aliphatic rings. The Labute approximate surface area is 85.8 Å². The molecule has 0 amide bonds. The summed E-state index contributed by atoms with van der Waals surface area (Å²) in [5.41, 5.74) is 1.15. The molecule has 3 heteroatoms.